The van der Waals surface area contributed by atoms with Crippen LogP contribution >= 0.6 is 15.9 Å². The van der Waals surface area contributed by atoms with Crippen molar-refractivity contribution in [1.29, 1.82) is 0 Å². The van der Waals surface area contributed by atoms with Gasteiger partial charge in [-0.05, 0) is 23.8 Å². The Morgan fingerprint density at radius 1 is 0.950 bits per heavy atom. The lowest BCUT2D eigenvalue weighted by Gasteiger charge is -2.00. The molecule has 1 heterocycles. The second-order valence-electron chi connectivity index (χ2n) is 4.39. The van der Waals surface area contributed by atoms with E-state index in [0.717, 1.165) is 15.6 Å². The highest BCUT2D eigenvalue weighted by molar-refractivity contribution is 9.10. The van der Waals surface area contributed by atoms with Crippen LogP contribution < -0.4 is 0 Å². The van der Waals surface area contributed by atoms with Gasteiger partial charge in [-0.25, -0.2) is 4.79 Å². The predicted molar refractivity (Wildman–Crippen MR) is 82.6 cm³/mol. The topological polar surface area (TPSA) is 26.3 Å². The summed E-state index contributed by atoms with van der Waals surface area (Å²) in [6, 6.07) is 17.3. The minimum Gasteiger partial charge on any atom is -0.422 e. The normalized spacial score (nSPS) is 16.1. The third-order valence-electron chi connectivity index (χ3n) is 3.00. The molecule has 3 heteroatoms. The zero-order chi connectivity index (χ0) is 13.9. The number of carbonyl (C=O) groups excluding carboxylic acids is 1. The van der Waals surface area contributed by atoms with Gasteiger partial charge in [-0.3, -0.25) is 0 Å². The number of benzene rings is 2. The van der Waals surface area contributed by atoms with E-state index in [2.05, 4.69) is 15.9 Å². The molecule has 0 amide bonds. The SMILES string of the molecule is O=C1OC(c2ccccc2)=C/C1=C/c1ccccc1Br. The van der Waals surface area contributed by atoms with Gasteiger partial charge in [0.05, 0.1) is 5.57 Å². The first-order chi connectivity index (χ1) is 9.74. The van der Waals surface area contributed by atoms with Crippen LogP contribution in [0, 0.1) is 0 Å². The number of halogens is 1. The maximum Gasteiger partial charge on any atom is 0.343 e. The summed E-state index contributed by atoms with van der Waals surface area (Å²) in [4.78, 5) is 11.9. The first-order valence-electron chi connectivity index (χ1n) is 6.19. The van der Waals surface area contributed by atoms with Crippen molar-refractivity contribution in [2.45, 2.75) is 0 Å². The summed E-state index contributed by atoms with van der Waals surface area (Å²) in [6.45, 7) is 0. The van der Waals surface area contributed by atoms with Crippen molar-refractivity contribution in [3.63, 3.8) is 0 Å². The van der Waals surface area contributed by atoms with Crippen LogP contribution in [0.1, 0.15) is 11.1 Å². The summed E-state index contributed by atoms with van der Waals surface area (Å²) in [7, 11) is 0. The standard InChI is InChI=1S/C17H11BrO2/c18-15-9-5-4-8-13(15)10-14-11-16(20-17(14)19)12-6-2-1-3-7-12/h1-11H/b14-10-. The smallest absolute Gasteiger partial charge is 0.343 e. The molecule has 0 bridgehead atoms. The molecule has 2 aromatic rings. The fourth-order valence-electron chi connectivity index (χ4n) is 1.99. The van der Waals surface area contributed by atoms with Crippen molar-refractivity contribution in [3.8, 4) is 0 Å². The van der Waals surface area contributed by atoms with Gasteiger partial charge in [-0.1, -0.05) is 64.5 Å². The molecule has 0 N–H and O–H groups in total. The van der Waals surface area contributed by atoms with Gasteiger partial charge in [0.1, 0.15) is 5.76 Å². The molecule has 0 fully saturated rings. The first kappa shape index (κ1) is 12.9. The molecule has 0 unspecified atom stereocenters. The zero-order valence-corrected chi connectivity index (χ0v) is 12.1. The molecule has 0 saturated heterocycles. The first-order valence-corrected chi connectivity index (χ1v) is 6.99. The molecule has 98 valence electrons. The molecule has 20 heavy (non-hydrogen) atoms. The summed E-state index contributed by atoms with van der Waals surface area (Å²) < 4.78 is 6.26. The zero-order valence-electron chi connectivity index (χ0n) is 10.5. The molecular formula is C17H11BrO2. The molecule has 2 aromatic carbocycles. The van der Waals surface area contributed by atoms with Crippen molar-refractivity contribution in [1.82, 2.24) is 0 Å². The van der Waals surface area contributed by atoms with Gasteiger partial charge in [0.15, 0.2) is 0 Å². The van der Waals surface area contributed by atoms with Crippen LogP contribution in [0.15, 0.2) is 70.7 Å². The number of cyclic esters (lactones) is 1. The highest BCUT2D eigenvalue weighted by Crippen LogP contribution is 2.28. The molecule has 0 atom stereocenters. The van der Waals surface area contributed by atoms with Crippen LogP contribution in [0.3, 0.4) is 0 Å². The molecule has 2 nitrogen and oxygen atoms in total. The Balaban J connectivity index is 1.97. The van der Waals surface area contributed by atoms with Crippen molar-refractivity contribution >= 4 is 33.7 Å². The average Bonchev–Trinajstić information content (AvgIpc) is 2.84. The third-order valence-corrected chi connectivity index (χ3v) is 3.72. The summed E-state index contributed by atoms with van der Waals surface area (Å²) in [5.74, 6) is 0.272. The van der Waals surface area contributed by atoms with E-state index < -0.39 is 0 Å². The summed E-state index contributed by atoms with van der Waals surface area (Å²) >= 11 is 3.47. The number of carbonyl (C=O) groups is 1. The summed E-state index contributed by atoms with van der Waals surface area (Å²) in [5, 5.41) is 0. The van der Waals surface area contributed by atoms with Crippen molar-refractivity contribution in [3.05, 3.63) is 81.8 Å². The minimum atomic E-state index is -0.320. The van der Waals surface area contributed by atoms with Crippen LogP contribution in [0.2, 0.25) is 0 Å². The Hall–Kier alpha value is -2.13. The van der Waals surface area contributed by atoms with Gasteiger partial charge in [0.25, 0.3) is 0 Å². The maximum atomic E-state index is 11.9. The molecule has 0 spiro atoms. The second-order valence-corrected chi connectivity index (χ2v) is 5.24. The highest BCUT2D eigenvalue weighted by Gasteiger charge is 2.21. The maximum absolute atomic E-state index is 11.9. The van der Waals surface area contributed by atoms with E-state index in [-0.39, 0.29) is 5.97 Å². The van der Waals surface area contributed by atoms with Crippen LogP contribution in [-0.4, -0.2) is 5.97 Å². The number of rotatable bonds is 2. The molecule has 0 aromatic heterocycles. The molecule has 0 saturated carbocycles. The molecule has 3 rings (SSSR count). The quantitative estimate of drug-likeness (QED) is 0.602. The fourth-order valence-corrected chi connectivity index (χ4v) is 2.39. The van der Waals surface area contributed by atoms with Crippen molar-refractivity contribution < 1.29 is 9.53 Å². The largest absolute Gasteiger partial charge is 0.422 e. The second kappa shape index (κ2) is 5.47. The number of hydrogen-bond acceptors (Lipinski definition) is 2. The van der Waals surface area contributed by atoms with Crippen LogP contribution in [0.4, 0.5) is 0 Å². The van der Waals surface area contributed by atoms with Gasteiger partial charge >= 0.3 is 5.97 Å². The monoisotopic (exact) mass is 326 g/mol. The van der Waals surface area contributed by atoms with Crippen molar-refractivity contribution in [2.24, 2.45) is 0 Å². The molecule has 1 aliphatic rings. The van der Waals surface area contributed by atoms with E-state index in [1.54, 1.807) is 6.08 Å². The predicted octanol–water partition coefficient (Wildman–Crippen LogP) is 4.43. The summed E-state index contributed by atoms with van der Waals surface area (Å²) in [5.41, 5.74) is 2.40. The Bertz CT molecular complexity index is 715. The lowest BCUT2D eigenvalue weighted by molar-refractivity contribution is -0.130. The van der Waals surface area contributed by atoms with Crippen molar-refractivity contribution in [2.75, 3.05) is 0 Å². The van der Waals surface area contributed by atoms with E-state index >= 15 is 0 Å². The van der Waals surface area contributed by atoms with Crippen LogP contribution in [0.5, 0.6) is 0 Å². The number of esters is 1. The molecular weight excluding hydrogens is 316 g/mol. The Morgan fingerprint density at radius 2 is 1.65 bits per heavy atom. The van der Waals surface area contributed by atoms with E-state index in [4.69, 9.17) is 4.74 Å². The average molecular weight is 327 g/mol. The highest BCUT2D eigenvalue weighted by atomic mass is 79.9. The van der Waals surface area contributed by atoms with Gasteiger partial charge < -0.3 is 4.74 Å². The number of hydrogen-bond donors (Lipinski definition) is 0. The Labute approximate surface area is 125 Å². The fraction of sp³-hybridized carbons (Fsp3) is 0. The Morgan fingerprint density at radius 3 is 2.40 bits per heavy atom. The van der Waals surface area contributed by atoms with Crippen LogP contribution in [0.25, 0.3) is 11.8 Å². The Kier molecular flexibility index (Phi) is 3.52. The molecule has 1 aliphatic heterocycles. The summed E-state index contributed by atoms with van der Waals surface area (Å²) in [6.07, 6.45) is 3.60. The van der Waals surface area contributed by atoms with Gasteiger partial charge in [-0.2, -0.15) is 0 Å². The minimum absolute atomic E-state index is 0.320. The lowest BCUT2D eigenvalue weighted by atomic mass is 10.1. The molecule has 0 aliphatic carbocycles. The van der Waals surface area contributed by atoms with Gasteiger partial charge in [-0.15, -0.1) is 0 Å². The number of ether oxygens (including phenoxy) is 1. The van der Waals surface area contributed by atoms with Crippen LogP contribution in [-0.2, 0) is 9.53 Å². The van der Waals surface area contributed by atoms with E-state index in [1.165, 1.54) is 0 Å². The van der Waals surface area contributed by atoms with Gasteiger partial charge in [0.2, 0.25) is 0 Å². The van der Waals surface area contributed by atoms with E-state index in [0.29, 0.717) is 11.3 Å². The van der Waals surface area contributed by atoms with E-state index in [1.807, 2.05) is 60.7 Å². The van der Waals surface area contributed by atoms with E-state index in [9.17, 15) is 4.79 Å². The lowest BCUT2D eigenvalue weighted by Crippen LogP contribution is -1.97. The third kappa shape index (κ3) is 2.58. The molecule has 0 radical (unpaired) electrons. The van der Waals surface area contributed by atoms with Gasteiger partial charge in [0, 0.05) is 10.0 Å².